The van der Waals surface area contributed by atoms with Crippen molar-refractivity contribution in [3.8, 4) is 0 Å². The Balaban J connectivity index is 2.15. The van der Waals surface area contributed by atoms with Crippen LogP contribution in [0.3, 0.4) is 0 Å². The van der Waals surface area contributed by atoms with Gasteiger partial charge in [0.05, 0.1) is 11.6 Å². The number of hydrogen-bond donors (Lipinski definition) is 2. The zero-order valence-electron chi connectivity index (χ0n) is 9.69. The van der Waals surface area contributed by atoms with Crippen molar-refractivity contribution in [2.75, 3.05) is 37.0 Å². The van der Waals surface area contributed by atoms with Gasteiger partial charge in [-0.05, 0) is 18.2 Å². The van der Waals surface area contributed by atoms with E-state index in [1.54, 1.807) is 0 Å². The van der Waals surface area contributed by atoms with E-state index in [1.165, 1.54) is 5.69 Å². The highest BCUT2D eigenvalue weighted by atomic mass is 35.5. The van der Waals surface area contributed by atoms with E-state index in [1.807, 2.05) is 18.2 Å². The summed E-state index contributed by atoms with van der Waals surface area (Å²) in [7, 11) is 0. The first-order valence-corrected chi connectivity index (χ1v) is 6.28. The van der Waals surface area contributed by atoms with Crippen molar-refractivity contribution in [1.82, 2.24) is 5.32 Å². The largest absolute Gasteiger partial charge is 0.386 e. The molecule has 1 aliphatic rings. The number of benzene rings is 1. The lowest BCUT2D eigenvalue weighted by Gasteiger charge is -2.29. The molecule has 2 rings (SSSR count). The summed E-state index contributed by atoms with van der Waals surface area (Å²) < 4.78 is 0. The minimum atomic E-state index is 0.262. The minimum Gasteiger partial charge on any atom is -0.386 e. The molecular weight excluding hydrogens is 236 g/mol. The van der Waals surface area contributed by atoms with Gasteiger partial charge >= 0.3 is 0 Å². The van der Waals surface area contributed by atoms with E-state index in [0.717, 1.165) is 31.9 Å². The fourth-order valence-electron chi connectivity index (χ4n) is 1.88. The van der Waals surface area contributed by atoms with Crippen molar-refractivity contribution in [3.63, 3.8) is 0 Å². The molecule has 0 aliphatic carbocycles. The predicted octanol–water partition coefficient (Wildman–Crippen LogP) is 1.32. The van der Waals surface area contributed by atoms with Crippen molar-refractivity contribution in [3.05, 3.63) is 24.3 Å². The molecule has 1 saturated heterocycles. The minimum absolute atomic E-state index is 0.262. The van der Waals surface area contributed by atoms with Gasteiger partial charge in [0.15, 0.2) is 0 Å². The fraction of sp³-hybridized carbons (Fsp3) is 0.417. The first-order valence-electron chi connectivity index (χ1n) is 5.74. The number of nitrogens with one attached hydrogen (secondary N) is 1. The number of piperazine rings is 1. The average molecular weight is 253 g/mol. The number of anilines is 1. The van der Waals surface area contributed by atoms with Crippen molar-refractivity contribution in [2.45, 2.75) is 0 Å². The summed E-state index contributed by atoms with van der Waals surface area (Å²) >= 11 is 5.62. The first kappa shape index (κ1) is 12.2. The van der Waals surface area contributed by atoms with Crippen molar-refractivity contribution in [1.29, 1.82) is 0 Å². The molecule has 0 bridgehead atoms. The van der Waals surface area contributed by atoms with Crippen LogP contribution in [-0.2, 0) is 0 Å². The smallest absolute Gasteiger partial charge is 0.115 e. The molecule has 5 heteroatoms. The molecule has 17 heavy (non-hydrogen) atoms. The van der Waals surface area contributed by atoms with Crippen LogP contribution in [0.5, 0.6) is 0 Å². The third-order valence-electron chi connectivity index (χ3n) is 2.72. The van der Waals surface area contributed by atoms with E-state index in [0.29, 0.717) is 5.84 Å². The fourth-order valence-corrected chi connectivity index (χ4v) is 1.94. The molecular formula is C12H17ClN4. The molecule has 1 aromatic carbocycles. The van der Waals surface area contributed by atoms with Gasteiger partial charge in [0.1, 0.15) is 5.84 Å². The normalized spacial score (nSPS) is 17.2. The second-order valence-corrected chi connectivity index (χ2v) is 4.26. The third-order valence-corrected chi connectivity index (χ3v) is 3.00. The lowest BCUT2D eigenvalue weighted by Crippen LogP contribution is -2.43. The SMILES string of the molecule is NC(CCl)=Nc1cccc(N2CCNCC2)c1. The van der Waals surface area contributed by atoms with Gasteiger partial charge in [0.2, 0.25) is 0 Å². The Morgan fingerprint density at radius 2 is 2.18 bits per heavy atom. The topological polar surface area (TPSA) is 53.6 Å². The average Bonchev–Trinajstić information content (AvgIpc) is 2.40. The molecule has 1 aromatic rings. The number of hydrogen-bond acceptors (Lipinski definition) is 3. The quantitative estimate of drug-likeness (QED) is 0.485. The number of rotatable bonds is 3. The molecule has 0 radical (unpaired) electrons. The van der Waals surface area contributed by atoms with Crippen LogP contribution < -0.4 is 16.0 Å². The van der Waals surface area contributed by atoms with Gasteiger partial charge in [-0.1, -0.05) is 6.07 Å². The Bertz CT molecular complexity index is 399. The zero-order valence-corrected chi connectivity index (χ0v) is 10.5. The number of nitrogens with zero attached hydrogens (tertiary/aromatic N) is 2. The van der Waals surface area contributed by atoms with E-state index in [9.17, 15) is 0 Å². The Morgan fingerprint density at radius 3 is 2.88 bits per heavy atom. The summed E-state index contributed by atoms with van der Waals surface area (Å²) in [5.74, 6) is 0.710. The zero-order chi connectivity index (χ0) is 12.1. The van der Waals surface area contributed by atoms with E-state index >= 15 is 0 Å². The van der Waals surface area contributed by atoms with Crippen molar-refractivity contribution >= 4 is 28.8 Å². The summed E-state index contributed by atoms with van der Waals surface area (Å²) in [6, 6.07) is 8.08. The van der Waals surface area contributed by atoms with Crippen LogP contribution in [0.4, 0.5) is 11.4 Å². The van der Waals surface area contributed by atoms with Gasteiger partial charge in [-0.25, -0.2) is 4.99 Å². The van der Waals surface area contributed by atoms with Gasteiger partial charge < -0.3 is 16.0 Å². The molecule has 0 amide bonds. The van der Waals surface area contributed by atoms with E-state index < -0.39 is 0 Å². The van der Waals surface area contributed by atoms with Crippen LogP contribution in [0.1, 0.15) is 0 Å². The maximum absolute atomic E-state index is 5.63. The van der Waals surface area contributed by atoms with Crippen LogP contribution in [0.2, 0.25) is 0 Å². The van der Waals surface area contributed by atoms with Gasteiger partial charge in [-0.15, -0.1) is 11.6 Å². The molecule has 0 aromatic heterocycles. The van der Waals surface area contributed by atoms with Crippen LogP contribution in [0.15, 0.2) is 29.3 Å². The summed E-state index contributed by atoms with van der Waals surface area (Å²) in [6.07, 6.45) is 0. The Hall–Kier alpha value is -1.26. The lowest BCUT2D eigenvalue weighted by molar-refractivity contribution is 0.589. The number of aliphatic imine (C=N–C) groups is 1. The number of amidine groups is 1. The maximum Gasteiger partial charge on any atom is 0.115 e. The van der Waals surface area contributed by atoms with Gasteiger partial charge in [0, 0.05) is 31.9 Å². The van der Waals surface area contributed by atoms with Crippen LogP contribution in [0, 0.1) is 0 Å². The second kappa shape index (κ2) is 5.89. The molecule has 0 saturated carbocycles. The Labute approximate surface area is 106 Å². The summed E-state index contributed by atoms with van der Waals surface area (Å²) in [5, 5.41) is 3.33. The number of alkyl halides is 1. The summed E-state index contributed by atoms with van der Waals surface area (Å²) in [4.78, 5) is 6.59. The number of halogens is 1. The maximum atomic E-state index is 5.63. The van der Waals surface area contributed by atoms with Crippen molar-refractivity contribution < 1.29 is 0 Å². The Morgan fingerprint density at radius 1 is 1.41 bits per heavy atom. The lowest BCUT2D eigenvalue weighted by atomic mass is 10.2. The van der Waals surface area contributed by atoms with Crippen LogP contribution >= 0.6 is 11.6 Å². The first-order chi connectivity index (χ1) is 8.29. The molecule has 0 unspecified atom stereocenters. The number of nitrogens with two attached hydrogens (primary N) is 1. The molecule has 3 N–H and O–H groups in total. The highest BCUT2D eigenvalue weighted by Crippen LogP contribution is 2.21. The van der Waals surface area contributed by atoms with Crippen molar-refractivity contribution in [2.24, 2.45) is 10.7 Å². The molecule has 0 atom stereocenters. The van der Waals surface area contributed by atoms with E-state index in [4.69, 9.17) is 17.3 Å². The van der Waals surface area contributed by atoms with Gasteiger partial charge in [-0.3, -0.25) is 0 Å². The summed E-state index contributed by atoms with van der Waals surface area (Å²) in [5.41, 5.74) is 7.68. The third kappa shape index (κ3) is 3.35. The monoisotopic (exact) mass is 252 g/mol. The van der Waals surface area contributed by atoms with E-state index in [-0.39, 0.29) is 5.88 Å². The van der Waals surface area contributed by atoms with Gasteiger partial charge in [0.25, 0.3) is 0 Å². The second-order valence-electron chi connectivity index (χ2n) is 3.99. The molecule has 1 fully saturated rings. The standard InChI is InChI=1S/C12H17ClN4/c13-9-12(14)16-10-2-1-3-11(8-10)17-6-4-15-5-7-17/h1-3,8,15H,4-7,9H2,(H2,14,16). The van der Waals surface area contributed by atoms with Crippen LogP contribution in [0.25, 0.3) is 0 Å². The molecule has 1 aliphatic heterocycles. The summed E-state index contributed by atoms with van der Waals surface area (Å²) in [6.45, 7) is 4.10. The predicted molar refractivity (Wildman–Crippen MR) is 73.5 cm³/mol. The highest BCUT2D eigenvalue weighted by Gasteiger charge is 2.10. The highest BCUT2D eigenvalue weighted by molar-refractivity contribution is 6.28. The molecule has 4 nitrogen and oxygen atoms in total. The molecule has 1 heterocycles. The van der Waals surface area contributed by atoms with Crippen LogP contribution in [-0.4, -0.2) is 37.9 Å². The Kier molecular flexibility index (Phi) is 4.23. The molecule has 92 valence electrons. The van der Waals surface area contributed by atoms with Gasteiger partial charge in [-0.2, -0.15) is 0 Å². The molecule has 0 spiro atoms. The van der Waals surface area contributed by atoms with E-state index in [2.05, 4.69) is 21.3 Å².